The molecule has 3 heteroatoms. The van der Waals surface area contributed by atoms with Gasteiger partial charge in [-0.1, -0.05) is 18.2 Å². The van der Waals surface area contributed by atoms with Gasteiger partial charge in [-0.2, -0.15) is 0 Å². The number of ether oxygens (including phenoxy) is 1. The van der Waals surface area contributed by atoms with E-state index in [9.17, 15) is 0 Å². The van der Waals surface area contributed by atoms with Crippen molar-refractivity contribution in [3.8, 4) is 0 Å². The van der Waals surface area contributed by atoms with E-state index in [0.29, 0.717) is 6.54 Å². The molecule has 0 atom stereocenters. The van der Waals surface area contributed by atoms with Gasteiger partial charge in [0.05, 0.1) is 6.61 Å². The molecular weight excluding hydrogens is 202 g/mol. The Morgan fingerprint density at radius 1 is 1.19 bits per heavy atom. The molecule has 0 aliphatic carbocycles. The summed E-state index contributed by atoms with van der Waals surface area (Å²) in [4.78, 5) is 2.18. The van der Waals surface area contributed by atoms with Gasteiger partial charge in [0.15, 0.2) is 0 Å². The number of benzene rings is 1. The highest BCUT2D eigenvalue weighted by Gasteiger charge is 2.04. The zero-order chi connectivity index (χ0) is 11.6. The summed E-state index contributed by atoms with van der Waals surface area (Å²) in [6, 6.07) is 10.2. The molecule has 0 aliphatic heterocycles. The molecular formula is C13H21NO2. The zero-order valence-corrected chi connectivity index (χ0v) is 9.93. The van der Waals surface area contributed by atoms with Crippen molar-refractivity contribution < 1.29 is 9.84 Å². The number of aliphatic hydroxyl groups is 1. The summed E-state index contributed by atoms with van der Waals surface area (Å²) in [6.07, 6.45) is 0.989. The summed E-state index contributed by atoms with van der Waals surface area (Å²) in [5.74, 6) is 0. The highest BCUT2D eigenvalue weighted by atomic mass is 16.5. The summed E-state index contributed by atoms with van der Waals surface area (Å²) in [6.45, 7) is 5.34. The van der Waals surface area contributed by atoms with Gasteiger partial charge in [0.2, 0.25) is 0 Å². The Morgan fingerprint density at radius 3 is 2.56 bits per heavy atom. The smallest absolute Gasteiger partial charge is 0.0606 e. The standard InChI is InChI=1S/C13H21NO2/c1-2-16-12-6-9-14(10-11-15)13-7-4-3-5-8-13/h3-5,7-8,15H,2,6,9-12H2,1H3. The molecule has 1 aromatic carbocycles. The van der Waals surface area contributed by atoms with Gasteiger partial charge in [0.25, 0.3) is 0 Å². The predicted molar refractivity (Wildman–Crippen MR) is 66.9 cm³/mol. The molecule has 0 heterocycles. The van der Waals surface area contributed by atoms with Crippen molar-refractivity contribution in [3.63, 3.8) is 0 Å². The first-order chi connectivity index (χ1) is 7.88. The third-order valence-corrected chi connectivity index (χ3v) is 2.41. The van der Waals surface area contributed by atoms with Gasteiger partial charge in [-0.15, -0.1) is 0 Å². The summed E-state index contributed by atoms with van der Waals surface area (Å²) < 4.78 is 5.31. The summed E-state index contributed by atoms with van der Waals surface area (Å²) in [5, 5.41) is 9.03. The van der Waals surface area contributed by atoms with E-state index in [1.165, 1.54) is 0 Å². The molecule has 1 rings (SSSR count). The lowest BCUT2D eigenvalue weighted by Crippen LogP contribution is -2.28. The monoisotopic (exact) mass is 223 g/mol. The Morgan fingerprint density at radius 2 is 1.94 bits per heavy atom. The van der Waals surface area contributed by atoms with Crippen molar-refractivity contribution >= 4 is 5.69 Å². The number of hydrogen-bond acceptors (Lipinski definition) is 3. The Bertz CT molecular complexity index is 264. The first kappa shape index (κ1) is 13.0. The average Bonchev–Trinajstić information content (AvgIpc) is 2.34. The van der Waals surface area contributed by atoms with Gasteiger partial charge in [0, 0.05) is 32.0 Å². The summed E-state index contributed by atoms with van der Waals surface area (Å²) in [5.41, 5.74) is 1.16. The van der Waals surface area contributed by atoms with Crippen LogP contribution < -0.4 is 4.90 Å². The van der Waals surface area contributed by atoms with Crippen molar-refractivity contribution in [2.45, 2.75) is 13.3 Å². The lowest BCUT2D eigenvalue weighted by Gasteiger charge is -2.23. The van der Waals surface area contributed by atoms with Crippen LogP contribution in [0.4, 0.5) is 5.69 Å². The highest BCUT2D eigenvalue weighted by Crippen LogP contribution is 2.12. The van der Waals surface area contributed by atoms with Crippen LogP contribution >= 0.6 is 0 Å². The molecule has 0 spiro atoms. The lowest BCUT2D eigenvalue weighted by molar-refractivity contribution is 0.146. The van der Waals surface area contributed by atoms with Crippen molar-refractivity contribution in [1.29, 1.82) is 0 Å². The fourth-order valence-corrected chi connectivity index (χ4v) is 1.63. The molecule has 1 N–H and O–H groups in total. The number of anilines is 1. The van der Waals surface area contributed by atoms with Gasteiger partial charge in [0.1, 0.15) is 0 Å². The van der Waals surface area contributed by atoms with E-state index in [0.717, 1.165) is 31.9 Å². The van der Waals surface area contributed by atoms with Crippen LogP contribution in [0, 0.1) is 0 Å². The minimum atomic E-state index is 0.184. The van der Waals surface area contributed by atoms with Crippen molar-refractivity contribution in [2.75, 3.05) is 37.8 Å². The third kappa shape index (κ3) is 4.64. The maximum Gasteiger partial charge on any atom is 0.0606 e. The van der Waals surface area contributed by atoms with E-state index in [1.807, 2.05) is 25.1 Å². The van der Waals surface area contributed by atoms with Gasteiger partial charge >= 0.3 is 0 Å². The minimum absolute atomic E-state index is 0.184. The number of aliphatic hydroxyl groups excluding tert-OH is 1. The molecule has 0 bridgehead atoms. The van der Waals surface area contributed by atoms with E-state index >= 15 is 0 Å². The quantitative estimate of drug-likeness (QED) is 0.683. The average molecular weight is 223 g/mol. The molecule has 3 nitrogen and oxygen atoms in total. The van der Waals surface area contributed by atoms with Gasteiger partial charge in [-0.05, 0) is 25.5 Å². The third-order valence-electron chi connectivity index (χ3n) is 2.41. The van der Waals surface area contributed by atoms with Crippen molar-refractivity contribution in [2.24, 2.45) is 0 Å². The van der Waals surface area contributed by atoms with E-state index in [-0.39, 0.29) is 6.61 Å². The largest absolute Gasteiger partial charge is 0.395 e. The first-order valence-electron chi connectivity index (χ1n) is 5.87. The van der Waals surface area contributed by atoms with Crippen LogP contribution in [0.5, 0.6) is 0 Å². The van der Waals surface area contributed by atoms with E-state index in [4.69, 9.17) is 9.84 Å². The summed E-state index contributed by atoms with van der Waals surface area (Å²) in [7, 11) is 0. The molecule has 0 aromatic heterocycles. The summed E-state index contributed by atoms with van der Waals surface area (Å²) >= 11 is 0. The van der Waals surface area contributed by atoms with Gasteiger partial charge in [-0.25, -0.2) is 0 Å². The minimum Gasteiger partial charge on any atom is -0.395 e. The Balaban J connectivity index is 2.41. The first-order valence-corrected chi connectivity index (χ1v) is 5.87. The van der Waals surface area contributed by atoms with Crippen LogP contribution in [0.1, 0.15) is 13.3 Å². The molecule has 1 aromatic rings. The van der Waals surface area contributed by atoms with Crippen LogP contribution in [0.15, 0.2) is 30.3 Å². The molecule has 0 radical (unpaired) electrons. The van der Waals surface area contributed by atoms with E-state index < -0.39 is 0 Å². The SMILES string of the molecule is CCOCCCN(CCO)c1ccccc1. The molecule has 0 fully saturated rings. The fraction of sp³-hybridized carbons (Fsp3) is 0.538. The number of rotatable bonds is 8. The van der Waals surface area contributed by atoms with Crippen LogP contribution in [0.3, 0.4) is 0 Å². The van der Waals surface area contributed by atoms with E-state index in [2.05, 4.69) is 17.0 Å². The van der Waals surface area contributed by atoms with Crippen molar-refractivity contribution in [3.05, 3.63) is 30.3 Å². The maximum atomic E-state index is 9.03. The van der Waals surface area contributed by atoms with Crippen LogP contribution in [-0.2, 0) is 4.74 Å². The number of hydrogen-bond donors (Lipinski definition) is 1. The predicted octanol–water partition coefficient (Wildman–Crippen LogP) is 1.91. The maximum absolute atomic E-state index is 9.03. The van der Waals surface area contributed by atoms with Gasteiger partial charge in [-0.3, -0.25) is 0 Å². The normalized spacial score (nSPS) is 10.4. The Labute approximate surface area is 97.7 Å². The van der Waals surface area contributed by atoms with Crippen LogP contribution in [0.2, 0.25) is 0 Å². The van der Waals surface area contributed by atoms with Crippen LogP contribution in [-0.4, -0.2) is 38.0 Å². The Kier molecular flexibility index (Phi) is 6.61. The van der Waals surface area contributed by atoms with E-state index in [1.54, 1.807) is 0 Å². The molecule has 90 valence electrons. The second-order valence-corrected chi connectivity index (χ2v) is 3.60. The molecule has 0 aliphatic rings. The molecule has 16 heavy (non-hydrogen) atoms. The zero-order valence-electron chi connectivity index (χ0n) is 9.93. The highest BCUT2D eigenvalue weighted by molar-refractivity contribution is 5.45. The second kappa shape index (κ2) is 8.13. The molecule has 0 unspecified atom stereocenters. The fourth-order valence-electron chi connectivity index (χ4n) is 1.63. The molecule has 0 amide bonds. The number of para-hydroxylation sites is 1. The van der Waals surface area contributed by atoms with Crippen LogP contribution in [0.25, 0.3) is 0 Å². The lowest BCUT2D eigenvalue weighted by atomic mass is 10.2. The van der Waals surface area contributed by atoms with Gasteiger partial charge < -0.3 is 14.7 Å². The van der Waals surface area contributed by atoms with Crippen molar-refractivity contribution in [1.82, 2.24) is 0 Å². The number of nitrogens with zero attached hydrogens (tertiary/aromatic N) is 1. The Hall–Kier alpha value is -1.06. The molecule has 0 saturated carbocycles. The topological polar surface area (TPSA) is 32.7 Å². The molecule has 0 saturated heterocycles. The second-order valence-electron chi connectivity index (χ2n) is 3.60.